The summed E-state index contributed by atoms with van der Waals surface area (Å²) in [4.78, 5) is 16.4. The first kappa shape index (κ1) is 24.3. The Labute approximate surface area is 201 Å². The van der Waals surface area contributed by atoms with E-state index in [0.717, 1.165) is 69.5 Å². The zero-order valence-corrected chi connectivity index (χ0v) is 20.4. The summed E-state index contributed by atoms with van der Waals surface area (Å²) in [6, 6.07) is 2.44. The Hall–Kier alpha value is -2.78. The van der Waals surface area contributed by atoms with Crippen molar-refractivity contribution in [3.05, 3.63) is 24.2 Å². The molecule has 0 aromatic carbocycles. The van der Waals surface area contributed by atoms with E-state index in [-0.39, 0.29) is 5.54 Å². The number of hydrogen-bond donors (Lipinski definition) is 1. The molecular formula is C23H35N9O2. The zero-order chi connectivity index (χ0) is 24.0. The van der Waals surface area contributed by atoms with Gasteiger partial charge >= 0.3 is 0 Å². The number of aryl methyl sites for hydroxylation is 1. The molecule has 0 amide bonds. The number of methoxy groups -OCH3 is 2. The van der Waals surface area contributed by atoms with Crippen molar-refractivity contribution in [2.45, 2.75) is 25.4 Å². The first-order valence-electron chi connectivity index (χ1n) is 11.8. The highest BCUT2D eigenvalue weighted by Gasteiger charge is 2.49. The van der Waals surface area contributed by atoms with E-state index in [1.807, 2.05) is 24.0 Å². The molecule has 184 valence electrons. The maximum Gasteiger partial charge on any atom is 0.229 e. The van der Waals surface area contributed by atoms with Gasteiger partial charge in [0.05, 0.1) is 49.7 Å². The molecule has 2 aromatic rings. The molecule has 11 heteroatoms. The summed E-state index contributed by atoms with van der Waals surface area (Å²) in [6.07, 6.45) is 6.04. The number of aromatic nitrogens is 4. The van der Waals surface area contributed by atoms with E-state index in [0.29, 0.717) is 25.5 Å². The molecule has 0 atom stereocenters. The molecule has 2 aliphatic heterocycles. The van der Waals surface area contributed by atoms with Crippen LogP contribution in [0.2, 0.25) is 0 Å². The molecule has 2 aliphatic rings. The fourth-order valence-electron chi connectivity index (χ4n) is 4.73. The predicted octanol–water partition coefficient (Wildman–Crippen LogP) is 1.11. The molecule has 11 nitrogen and oxygen atoms in total. The van der Waals surface area contributed by atoms with Crippen LogP contribution in [0, 0.1) is 18.3 Å². The summed E-state index contributed by atoms with van der Waals surface area (Å²) in [5.41, 5.74) is 1.74. The van der Waals surface area contributed by atoms with Gasteiger partial charge in [0, 0.05) is 78.0 Å². The average molecular weight is 470 g/mol. The van der Waals surface area contributed by atoms with Gasteiger partial charge in [-0.25, -0.2) is 4.98 Å². The molecule has 0 unspecified atom stereocenters. The van der Waals surface area contributed by atoms with Gasteiger partial charge in [-0.15, -0.1) is 0 Å². The molecule has 4 heterocycles. The highest BCUT2D eigenvalue weighted by Crippen LogP contribution is 2.36. The average Bonchev–Trinajstić information content (AvgIpc) is 3.27. The lowest BCUT2D eigenvalue weighted by molar-refractivity contribution is 0.00929. The Balaban J connectivity index is 1.39. The Kier molecular flexibility index (Phi) is 7.95. The third kappa shape index (κ3) is 5.47. The van der Waals surface area contributed by atoms with E-state index in [1.54, 1.807) is 20.4 Å². The first-order valence-corrected chi connectivity index (χ1v) is 11.8. The smallest absolute Gasteiger partial charge is 0.229 e. The van der Waals surface area contributed by atoms with E-state index in [4.69, 9.17) is 14.5 Å². The molecule has 34 heavy (non-hydrogen) atoms. The molecule has 2 aromatic heterocycles. The van der Waals surface area contributed by atoms with Crippen molar-refractivity contribution in [2.24, 2.45) is 0 Å². The van der Waals surface area contributed by atoms with E-state index in [1.165, 1.54) is 0 Å². The topological polar surface area (TPSA) is 108 Å². The molecule has 0 spiro atoms. The van der Waals surface area contributed by atoms with Crippen LogP contribution < -0.4 is 10.2 Å². The predicted molar refractivity (Wildman–Crippen MR) is 129 cm³/mol. The van der Waals surface area contributed by atoms with Crippen LogP contribution in [0.3, 0.4) is 0 Å². The number of nitriles is 1. The SMILES string of the molecule is COCCN1CCN(C2(CC#N)CN(c3nc(Nc4cnn(CCOC)c4)ncc3C)C2)CC1. The molecule has 1 N–H and O–H groups in total. The van der Waals surface area contributed by atoms with Crippen molar-refractivity contribution in [1.29, 1.82) is 5.26 Å². The second kappa shape index (κ2) is 11.1. The van der Waals surface area contributed by atoms with Crippen molar-refractivity contribution in [2.75, 3.05) is 83.5 Å². The normalized spacial score (nSPS) is 18.5. The summed E-state index contributed by atoms with van der Waals surface area (Å²) in [5.74, 6) is 1.45. The van der Waals surface area contributed by atoms with Crippen molar-refractivity contribution < 1.29 is 9.47 Å². The molecule has 0 aliphatic carbocycles. The van der Waals surface area contributed by atoms with Gasteiger partial charge < -0.3 is 19.7 Å². The van der Waals surface area contributed by atoms with Crippen LogP contribution in [0.5, 0.6) is 0 Å². The number of anilines is 3. The van der Waals surface area contributed by atoms with Crippen molar-refractivity contribution in [3.8, 4) is 6.07 Å². The summed E-state index contributed by atoms with van der Waals surface area (Å²) in [5, 5.41) is 17.1. The van der Waals surface area contributed by atoms with Gasteiger partial charge in [-0.1, -0.05) is 0 Å². The van der Waals surface area contributed by atoms with Crippen LogP contribution >= 0.6 is 0 Å². The van der Waals surface area contributed by atoms with E-state index >= 15 is 0 Å². The van der Waals surface area contributed by atoms with Crippen LogP contribution in [0.1, 0.15) is 12.0 Å². The fourth-order valence-corrected chi connectivity index (χ4v) is 4.73. The molecule has 0 radical (unpaired) electrons. The number of rotatable bonds is 11. The lowest BCUT2D eigenvalue weighted by Crippen LogP contribution is -2.72. The van der Waals surface area contributed by atoms with Gasteiger partial charge in [0.15, 0.2) is 0 Å². The van der Waals surface area contributed by atoms with Gasteiger partial charge in [-0.05, 0) is 6.92 Å². The van der Waals surface area contributed by atoms with Gasteiger partial charge in [0.25, 0.3) is 0 Å². The van der Waals surface area contributed by atoms with Crippen molar-refractivity contribution >= 4 is 17.5 Å². The quantitative estimate of drug-likeness (QED) is 0.514. The second-order valence-corrected chi connectivity index (χ2v) is 9.05. The minimum Gasteiger partial charge on any atom is -0.383 e. The number of piperazine rings is 1. The van der Waals surface area contributed by atoms with Crippen molar-refractivity contribution in [3.63, 3.8) is 0 Å². The highest BCUT2D eigenvalue weighted by atomic mass is 16.5. The van der Waals surface area contributed by atoms with Crippen LogP contribution in [0.25, 0.3) is 0 Å². The van der Waals surface area contributed by atoms with Crippen LogP contribution in [0.4, 0.5) is 17.5 Å². The minimum absolute atomic E-state index is 0.116. The minimum atomic E-state index is -0.116. The lowest BCUT2D eigenvalue weighted by Gasteiger charge is -2.57. The van der Waals surface area contributed by atoms with E-state index in [2.05, 4.69) is 36.2 Å². The third-order valence-corrected chi connectivity index (χ3v) is 6.69. The molecular weight excluding hydrogens is 434 g/mol. The highest BCUT2D eigenvalue weighted by molar-refractivity contribution is 5.57. The molecule has 4 rings (SSSR count). The van der Waals surface area contributed by atoms with Crippen LogP contribution in [-0.2, 0) is 16.0 Å². The summed E-state index contributed by atoms with van der Waals surface area (Å²) >= 11 is 0. The third-order valence-electron chi connectivity index (χ3n) is 6.69. The maximum absolute atomic E-state index is 9.57. The van der Waals surface area contributed by atoms with Crippen LogP contribution in [0.15, 0.2) is 18.6 Å². The molecule has 2 saturated heterocycles. The van der Waals surface area contributed by atoms with Gasteiger partial charge in [0.2, 0.25) is 5.95 Å². The molecule has 0 saturated carbocycles. The number of nitrogens with zero attached hydrogens (tertiary/aromatic N) is 8. The van der Waals surface area contributed by atoms with E-state index < -0.39 is 0 Å². The maximum atomic E-state index is 9.57. The Morgan fingerprint density at radius 3 is 2.53 bits per heavy atom. The zero-order valence-electron chi connectivity index (χ0n) is 20.4. The fraction of sp³-hybridized carbons (Fsp3) is 0.652. The molecule has 2 fully saturated rings. The monoisotopic (exact) mass is 469 g/mol. The summed E-state index contributed by atoms with van der Waals surface area (Å²) < 4.78 is 12.1. The van der Waals surface area contributed by atoms with Gasteiger partial charge in [-0.3, -0.25) is 14.5 Å². The number of ether oxygens (including phenoxy) is 2. The Morgan fingerprint density at radius 2 is 1.82 bits per heavy atom. The first-order chi connectivity index (χ1) is 16.6. The lowest BCUT2D eigenvalue weighted by atomic mass is 9.83. The summed E-state index contributed by atoms with van der Waals surface area (Å²) in [7, 11) is 3.42. The number of nitrogens with one attached hydrogen (secondary N) is 1. The van der Waals surface area contributed by atoms with E-state index in [9.17, 15) is 5.26 Å². The standard InChI is InChI=1S/C23H35N9O2/c1-19-14-25-22(27-20-15-26-32(16-20)11-13-34-3)28-21(19)30-17-23(18-30,4-5-24)31-8-6-29(7-9-31)10-12-33-2/h14-16H,4,6-13,17-18H2,1-3H3,(H,25,27,28). The van der Waals surface area contributed by atoms with Gasteiger partial charge in [0.1, 0.15) is 5.82 Å². The Morgan fingerprint density at radius 1 is 1.09 bits per heavy atom. The Bertz CT molecular complexity index is 975. The van der Waals surface area contributed by atoms with Gasteiger partial charge in [-0.2, -0.15) is 15.3 Å². The summed E-state index contributed by atoms with van der Waals surface area (Å²) in [6.45, 7) is 10.6. The largest absolute Gasteiger partial charge is 0.383 e. The van der Waals surface area contributed by atoms with Crippen molar-refractivity contribution in [1.82, 2.24) is 29.5 Å². The second-order valence-electron chi connectivity index (χ2n) is 9.05. The van der Waals surface area contributed by atoms with Crippen LogP contribution in [-0.4, -0.2) is 108 Å². The number of hydrogen-bond acceptors (Lipinski definition) is 10. The molecule has 0 bridgehead atoms.